The van der Waals surface area contributed by atoms with Gasteiger partial charge in [0.25, 0.3) is 0 Å². The molecule has 4 heteroatoms. The van der Waals surface area contributed by atoms with E-state index in [1.807, 2.05) is 60.4 Å². The van der Waals surface area contributed by atoms with Crippen LogP contribution in [0.2, 0.25) is 0 Å². The van der Waals surface area contributed by atoms with Crippen molar-refractivity contribution in [3.63, 3.8) is 0 Å². The van der Waals surface area contributed by atoms with E-state index in [4.69, 9.17) is 0 Å². The van der Waals surface area contributed by atoms with Gasteiger partial charge in [-0.1, -0.05) is 90.5 Å². The maximum atomic E-state index is 4.62. The van der Waals surface area contributed by atoms with Crippen LogP contribution in [0.25, 0.3) is 44.8 Å². The first-order valence-electron chi connectivity index (χ1n) is 13.4. The van der Waals surface area contributed by atoms with E-state index in [0.717, 1.165) is 22.5 Å². The van der Waals surface area contributed by atoms with Crippen molar-refractivity contribution >= 4 is 11.8 Å². The Morgan fingerprint density at radius 3 is 2.02 bits per heavy atom. The molecule has 0 aliphatic carbocycles. The van der Waals surface area contributed by atoms with Gasteiger partial charge in [-0.25, -0.2) is 0 Å². The molecule has 1 radical (unpaired) electrons. The molecule has 0 saturated carbocycles. The van der Waals surface area contributed by atoms with Gasteiger partial charge >= 0.3 is 0 Å². The fourth-order valence-corrected chi connectivity index (χ4v) is 5.87. The van der Waals surface area contributed by atoms with Crippen molar-refractivity contribution < 1.29 is 20.1 Å². The number of aromatic nitrogens is 2. The molecular weight excluding hydrogens is 697 g/mol. The second-order valence-corrected chi connectivity index (χ2v) is 11.0. The van der Waals surface area contributed by atoms with Crippen LogP contribution in [-0.2, 0) is 20.1 Å². The van der Waals surface area contributed by atoms with Gasteiger partial charge in [-0.2, -0.15) is 0 Å². The summed E-state index contributed by atoms with van der Waals surface area (Å²) in [6.45, 7) is 4.42. The summed E-state index contributed by atoms with van der Waals surface area (Å²) in [4.78, 5) is 11.4. The van der Waals surface area contributed by atoms with Crippen LogP contribution in [0.1, 0.15) is 25.3 Å². The van der Waals surface area contributed by atoms with E-state index in [-0.39, 0.29) is 20.1 Å². The third kappa shape index (κ3) is 6.41. The van der Waals surface area contributed by atoms with Crippen LogP contribution in [0.5, 0.6) is 0 Å². The summed E-state index contributed by atoms with van der Waals surface area (Å²) in [5.74, 6) is 0.480. The van der Waals surface area contributed by atoms with E-state index < -0.39 is 0 Å². The smallest absolute Gasteiger partial charge is 0.0163 e. The maximum absolute atomic E-state index is 4.62. The topological polar surface area (TPSA) is 25.8 Å². The van der Waals surface area contributed by atoms with E-state index in [9.17, 15) is 0 Å². The number of fused-ring (bicyclic) bond motifs is 5. The van der Waals surface area contributed by atoms with E-state index in [2.05, 4.69) is 109 Å². The Kier molecular flexibility index (Phi) is 9.26. The molecule has 6 aromatic rings. The van der Waals surface area contributed by atoms with Crippen molar-refractivity contribution in [3.05, 3.63) is 145 Å². The van der Waals surface area contributed by atoms with E-state index in [1.165, 1.54) is 37.6 Å². The minimum Gasteiger partial charge on any atom is -0.305 e. The molecule has 1 aliphatic heterocycles. The molecule has 7 rings (SSSR count). The molecule has 1 aliphatic rings. The largest absolute Gasteiger partial charge is 0.305 e. The first-order valence-corrected chi connectivity index (χ1v) is 14.3. The first kappa shape index (κ1) is 28.7. The molecule has 0 fully saturated rings. The van der Waals surface area contributed by atoms with Gasteiger partial charge in [-0.3, -0.25) is 0 Å². The van der Waals surface area contributed by atoms with Gasteiger partial charge in [0.1, 0.15) is 0 Å². The summed E-state index contributed by atoms with van der Waals surface area (Å²) < 4.78 is 0. The number of rotatable bonds is 3. The zero-order chi connectivity index (χ0) is 27.3. The van der Waals surface area contributed by atoms with Crippen molar-refractivity contribution in [3.8, 4) is 44.8 Å². The third-order valence-electron chi connectivity index (χ3n) is 6.90. The maximum Gasteiger partial charge on any atom is 0.0163 e. The van der Waals surface area contributed by atoms with Crippen LogP contribution in [-0.4, -0.2) is 9.97 Å². The van der Waals surface area contributed by atoms with Gasteiger partial charge in [0, 0.05) is 37.4 Å². The first-order chi connectivity index (χ1) is 19.7. The molecule has 0 unspecified atom stereocenters. The van der Waals surface area contributed by atoms with E-state index >= 15 is 0 Å². The second kappa shape index (κ2) is 13.2. The molecule has 203 valence electrons. The van der Waals surface area contributed by atoms with Crippen LogP contribution < -0.4 is 0 Å². The summed E-state index contributed by atoms with van der Waals surface area (Å²) >= 11 is 1.82. The van der Waals surface area contributed by atoms with Crippen molar-refractivity contribution in [2.24, 2.45) is 0 Å². The number of hydrogen-bond donors (Lipinski definition) is 0. The van der Waals surface area contributed by atoms with Gasteiger partial charge in [0.2, 0.25) is 0 Å². The Labute approximate surface area is 260 Å². The summed E-state index contributed by atoms with van der Waals surface area (Å²) in [5.41, 5.74) is 10.4. The third-order valence-corrected chi connectivity index (χ3v) is 8.04. The Hall–Kier alpha value is -3.82. The fraction of sp³-hybridized carbons (Fsp3) is 0.0811. The summed E-state index contributed by atoms with van der Waals surface area (Å²) in [6, 6.07) is 46.3. The monoisotopic (exact) mass is 725 g/mol. The molecule has 41 heavy (non-hydrogen) atoms. The predicted molar refractivity (Wildman–Crippen MR) is 166 cm³/mol. The Balaban J connectivity index is 0.000000218. The van der Waals surface area contributed by atoms with Crippen molar-refractivity contribution in [2.75, 3.05) is 0 Å². The van der Waals surface area contributed by atoms with Gasteiger partial charge in [-0.15, -0.1) is 71.4 Å². The number of hydrogen-bond acceptors (Lipinski definition) is 3. The minimum absolute atomic E-state index is 0. The summed E-state index contributed by atoms with van der Waals surface area (Å²) in [5, 5.41) is 0. The fourth-order valence-electron chi connectivity index (χ4n) is 4.80. The number of nitrogens with zero attached hydrogens (tertiary/aromatic N) is 2. The quantitative estimate of drug-likeness (QED) is 0.170. The predicted octanol–water partition coefficient (Wildman–Crippen LogP) is 10.0. The van der Waals surface area contributed by atoms with Crippen LogP contribution >= 0.6 is 11.8 Å². The zero-order valence-corrected chi connectivity index (χ0v) is 26.0. The van der Waals surface area contributed by atoms with Crippen LogP contribution in [0.3, 0.4) is 0 Å². The van der Waals surface area contributed by atoms with Crippen LogP contribution in [0.15, 0.2) is 137 Å². The van der Waals surface area contributed by atoms with Gasteiger partial charge in [0.05, 0.1) is 0 Å². The van der Waals surface area contributed by atoms with Crippen molar-refractivity contribution in [1.82, 2.24) is 9.97 Å². The Morgan fingerprint density at radius 2 is 1.29 bits per heavy atom. The van der Waals surface area contributed by atoms with Gasteiger partial charge in [0.15, 0.2) is 0 Å². The molecule has 0 bridgehead atoms. The summed E-state index contributed by atoms with van der Waals surface area (Å²) in [6.07, 6.45) is 3.69. The van der Waals surface area contributed by atoms with Gasteiger partial charge < -0.3 is 9.97 Å². The minimum atomic E-state index is 0. The van der Waals surface area contributed by atoms with Crippen LogP contribution in [0, 0.1) is 12.1 Å². The molecular formula is C37H28IrN2S-2. The normalized spacial score (nSPS) is 11.1. The standard InChI is InChI=1S/C26H20NS.C11H8N.Ir/c1-17(2)18-13-14-27-24(16-18)19-11-12-26-23(15-19)21-8-4-3-7-20(21)22-9-5-6-10-25(22)28-26;1-2-6-10(7-3-1)11-8-4-5-9-12-11;/h3-10,12-17H,1-2H3;1-6,8-9H;/q2*-1;. The molecule has 0 spiro atoms. The molecule has 2 nitrogen and oxygen atoms in total. The van der Waals surface area contributed by atoms with Gasteiger partial charge in [-0.05, 0) is 52.2 Å². The Morgan fingerprint density at radius 1 is 0.585 bits per heavy atom. The molecule has 4 aromatic carbocycles. The molecule has 3 heterocycles. The van der Waals surface area contributed by atoms with Crippen molar-refractivity contribution in [1.29, 1.82) is 0 Å². The molecule has 0 saturated heterocycles. The van der Waals surface area contributed by atoms with Crippen LogP contribution in [0.4, 0.5) is 0 Å². The molecule has 0 amide bonds. The molecule has 0 N–H and O–H groups in total. The average molecular weight is 725 g/mol. The molecule has 0 atom stereocenters. The van der Waals surface area contributed by atoms with E-state index in [0.29, 0.717) is 5.92 Å². The Bertz CT molecular complexity index is 1710. The second-order valence-electron chi connectivity index (χ2n) is 9.89. The molecule has 2 aromatic heterocycles. The average Bonchev–Trinajstić information content (AvgIpc) is 3.16. The van der Waals surface area contributed by atoms with Crippen molar-refractivity contribution in [2.45, 2.75) is 29.6 Å². The van der Waals surface area contributed by atoms with E-state index in [1.54, 1.807) is 6.20 Å². The SMILES string of the molecule is CC(C)c1ccnc(-c2[c-]cc3c(c2)-c2ccccc2-c2ccccc2S3)c1.[Ir].[c-]1ccccc1-c1ccccn1. The number of pyridine rings is 2. The number of benzene rings is 4. The zero-order valence-electron chi connectivity index (χ0n) is 22.8. The summed E-state index contributed by atoms with van der Waals surface area (Å²) in [7, 11) is 0.